The van der Waals surface area contributed by atoms with E-state index < -0.39 is 0 Å². The third kappa shape index (κ3) is 6.36. The van der Waals surface area contributed by atoms with Crippen molar-refractivity contribution >= 4 is 5.91 Å². The topological polar surface area (TPSA) is 53.6 Å². The fourth-order valence-electron chi connectivity index (χ4n) is 2.07. The first kappa shape index (κ1) is 16.4. The van der Waals surface area contributed by atoms with Crippen molar-refractivity contribution in [1.29, 1.82) is 0 Å². The zero-order valence-electron chi connectivity index (χ0n) is 13.0. The number of amides is 1. The van der Waals surface area contributed by atoms with E-state index in [1.807, 2.05) is 27.7 Å². The average molecular weight is 271 g/mol. The van der Waals surface area contributed by atoms with Gasteiger partial charge in [0.25, 0.3) is 0 Å². The molecular formula is C14H29N3O2. The van der Waals surface area contributed by atoms with Crippen LogP contribution in [0.5, 0.6) is 0 Å². The van der Waals surface area contributed by atoms with E-state index >= 15 is 0 Å². The van der Waals surface area contributed by atoms with E-state index in [9.17, 15) is 4.79 Å². The number of nitrogens with zero attached hydrogens (tertiary/aromatic N) is 1. The maximum absolute atomic E-state index is 11.9. The molecule has 1 aliphatic heterocycles. The molecule has 5 nitrogen and oxygen atoms in total. The molecule has 0 aliphatic carbocycles. The molecule has 0 saturated carbocycles. The second-order valence-electron chi connectivity index (χ2n) is 6.26. The van der Waals surface area contributed by atoms with Gasteiger partial charge in [-0.3, -0.25) is 9.69 Å². The van der Waals surface area contributed by atoms with Gasteiger partial charge < -0.3 is 15.4 Å². The number of hydrogen-bond acceptors (Lipinski definition) is 4. The second kappa shape index (κ2) is 7.22. The highest BCUT2D eigenvalue weighted by Crippen LogP contribution is 2.04. The van der Waals surface area contributed by atoms with Crippen molar-refractivity contribution in [1.82, 2.24) is 15.5 Å². The molecule has 5 heteroatoms. The minimum Gasteiger partial charge on any atom is -0.374 e. The Bertz CT molecular complexity index is 289. The van der Waals surface area contributed by atoms with Crippen LogP contribution in [0.4, 0.5) is 0 Å². The maximum atomic E-state index is 11.9. The molecule has 0 bridgehead atoms. The number of carbonyl (C=O) groups is 1. The number of nitrogens with one attached hydrogen (secondary N) is 2. The minimum absolute atomic E-state index is 0.0376. The molecule has 19 heavy (non-hydrogen) atoms. The summed E-state index contributed by atoms with van der Waals surface area (Å²) in [5, 5.41) is 6.23. The van der Waals surface area contributed by atoms with Crippen LogP contribution in [0.2, 0.25) is 0 Å². The predicted molar refractivity (Wildman–Crippen MR) is 77.2 cm³/mol. The maximum Gasteiger partial charge on any atom is 0.237 e. The van der Waals surface area contributed by atoms with Crippen LogP contribution in [0.25, 0.3) is 0 Å². The van der Waals surface area contributed by atoms with Gasteiger partial charge in [-0.2, -0.15) is 0 Å². The predicted octanol–water partition coefficient (Wildman–Crippen LogP) is 0.600. The highest BCUT2D eigenvalue weighted by molar-refractivity contribution is 5.81. The molecule has 2 unspecified atom stereocenters. The van der Waals surface area contributed by atoms with Gasteiger partial charge in [-0.15, -0.1) is 0 Å². The van der Waals surface area contributed by atoms with Crippen molar-refractivity contribution < 1.29 is 9.53 Å². The van der Waals surface area contributed by atoms with Gasteiger partial charge in [0.1, 0.15) is 0 Å². The normalized spacial score (nSPS) is 23.1. The first-order chi connectivity index (χ1) is 8.81. The number of carbonyl (C=O) groups excluding carboxylic acids is 1. The van der Waals surface area contributed by atoms with Crippen LogP contribution in [0, 0.1) is 0 Å². The van der Waals surface area contributed by atoms with E-state index in [4.69, 9.17) is 4.74 Å². The van der Waals surface area contributed by atoms with Crippen molar-refractivity contribution in [3.63, 3.8) is 0 Å². The lowest BCUT2D eigenvalue weighted by Gasteiger charge is -2.33. The van der Waals surface area contributed by atoms with Crippen LogP contribution in [-0.4, -0.2) is 61.3 Å². The van der Waals surface area contributed by atoms with Crippen molar-refractivity contribution in [3.8, 4) is 0 Å². The van der Waals surface area contributed by atoms with Crippen LogP contribution < -0.4 is 10.6 Å². The zero-order valence-corrected chi connectivity index (χ0v) is 13.0. The van der Waals surface area contributed by atoms with Crippen molar-refractivity contribution in [3.05, 3.63) is 0 Å². The van der Waals surface area contributed by atoms with E-state index in [0.717, 1.165) is 32.8 Å². The molecular weight excluding hydrogens is 242 g/mol. The third-order valence-electron chi connectivity index (χ3n) is 3.21. The van der Waals surface area contributed by atoms with E-state index in [0.29, 0.717) is 0 Å². The Balaban J connectivity index is 2.29. The summed E-state index contributed by atoms with van der Waals surface area (Å²) in [4.78, 5) is 14.3. The van der Waals surface area contributed by atoms with Gasteiger partial charge in [0.2, 0.25) is 5.91 Å². The Morgan fingerprint density at radius 1 is 1.47 bits per heavy atom. The molecule has 1 saturated heterocycles. The SMILES string of the molecule is CCN1CCOC(CNC(C)C(=O)NC(C)(C)C)C1. The Kier molecular flexibility index (Phi) is 6.23. The highest BCUT2D eigenvalue weighted by atomic mass is 16.5. The highest BCUT2D eigenvalue weighted by Gasteiger charge is 2.22. The van der Waals surface area contributed by atoms with E-state index in [1.165, 1.54) is 0 Å². The number of morpholine rings is 1. The molecule has 2 atom stereocenters. The molecule has 112 valence electrons. The van der Waals surface area contributed by atoms with Crippen molar-refractivity contribution in [2.45, 2.75) is 52.3 Å². The van der Waals surface area contributed by atoms with Gasteiger partial charge >= 0.3 is 0 Å². The van der Waals surface area contributed by atoms with Gasteiger partial charge in [-0.05, 0) is 34.2 Å². The summed E-state index contributed by atoms with van der Waals surface area (Å²) in [6.07, 6.45) is 0.179. The molecule has 1 amide bonds. The molecule has 0 aromatic rings. The molecule has 1 fully saturated rings. The summed E-state index contributed by atoms with van der Waals surface area (Å²) in [5.74, 6) is 0.0376. The van der Waals surface area contributed by atoms with Crippen molar-refractivity contribution in [2.24, 2.45) is 0 Å². The lowest BCUT2D eigenvalue weighted by atomic mass is 10.1. The molecule has 0 spiro atoms. The molecule has 2 N–H and O–H groups in total. The monoisotopic (exact) mass is 271 g/mol. The molecule has 1 rings (SSSR count). The van der Waals surface area contributed by atoms with Crippen LogP contribution in [0.15, 0.2) is 0 Å². The lowest BCUT2D eigenvalue weighted by Crippen LogP contribution is -2.53. The molecule has 0 radical (unpaired) electrons. The van der Waals surface area contributed by atoms with Crippen LogP contribution >= 0.6 is 0 Å². The Morgan fingerprint density at radius 3 is 2.74 bits per heavy atom. The average Bonchev–Trinajstić information content (AvgIpc) is 2.34. The van der Waals surface area contributed by atoms with E-state index in [2.05, 4.69) is 22.5 Å². The van der Waals surface area contributed by atoms with Gasteiger partial charge in [-0.1, -0.05) is 6.92 Å². The van der Waals surface area contributed by atoms with Crippen molar-refractivity contribution in [2.75, 3.05) is 32.8 Å². The van der Waals surface area contributed by atoms with Gasteiger partial charge in [0, 0.05) is 25.2 Å². The van der Waals surface area contributed by atoms with Gasteiger partial charge in [0.15, 0.2) is 0 Å². The van der Waals surface area contributed by atoms with Gasteiger partial charge in [0.05, 0.1) is 18.8 Å². The number of likely N-dealkylation sites (N-methyl/N-ethyl adjacent to an activating group) is 1. The third-order valence-corrected chi connectivity index (χ3v) is 3.21. The number of ether oxygens (including phenoxy) is 1. The fourth-order valence-corrected chi connectivity index (χ4v) is 2.07. The van der Waals surface area contributed by atoms with E-state index in [-0.39, 0.29) is 23.6 Å². The first-order valence-electron chi connectivity index (χ1n) is 7.21. The second-order valence-corrected chi connectivity index (χ2v) is 6.26. The number of hydrogen-bond donors (Lipinski definition) is 2. The molecule has 1 aliphatic rings. The molecule has 0 aromatic heterocycles. The largest absolute Gasteiger partial charge is 0.374 e. The van der Waals surface area contributed by atoms with E-state index in [1.54, 1.807) is 0 Å². The number of rotatable bonds is 5. The summed E-state index contributed by atoms with van der Waals surface area (Å²) in [5.41, 5.74) is -0.187. The smallest absolute Gasteiger partial charge is 0.237 e. The fraction of sp³-hybridized carbons (Fsp3) is 0.929. The van der Waals surface area contributed by atoms with Crippen LogP contribution in [0.1, 0.15) is 34.6 Å². The molecule has 1 heterocycles. The Hall–Kier alpha value is -0.650. The lowest BCUT2D eigenvalue weighted by molar-refractivity contribution is -0.124. The summed E-state index contributed by atoms with van der Waals surface area (Å²) >= 11 is 0. The Morgan fingerprint density at radius 2 is 2.16 bits per heavy atom. The van der Waals surface area contributed by atoms with Crippen LogP contribution in [0.3, 0.4) is 0 Å². The minimum atomic E-state index is -0.195. The van der Waals surface area contributed by atoms with Gasteiger partial charge in [-0.25, -0.2) is 0 Å². The summed E-state index contributed by atoms with van der Waals surface area (Å²) in [6.45, 7) is 14.5. The summed E-state index contributed by atoms with van der Waals surface area (Å²) in [6, 6.07) is -0.195. The standard InChI is InChI=1S/C14H29N3O2/c1-6-17-7-8-19-12(10-17)9-15-11(2)13(18)16-14(3,4)5/h11-12,15H,6-10H2,1-5H3,(H,16,18). The zero-order chi connectivity index (χ0) is 14.5. The summed E-state index contributed by atoms with van der Waals surface area (Å²) < 4.78 is 5.71. The quantitative estimate of drug-likeness (QED) is 0.769. The van der Waals surface area contributed by atoms with Crippen LogP contribution in [-0.2, 0) is 9.53 Å². The Labute approximate surface area is 117 Å². The first-order valence-corrected chi connectivity index (χ1v) is 7.21. The summed E-state index contributed by atoms with van der Waals surface area (Å²) in [7, 11) is 0. The molecule has 0 aromatic carbocycles.